The summed E-state index contributed by atoms with van der Waals surface area (Å²) < 4.78 is 16.2. The third-order valence-corrected chi connectivity index (χ3v) is 4.29. The molecule has 1 aliphatic carbocycles. The molecule has 0 spiro atoms. The van der Waals surface area contributed by atoms with E-state index < -0.39 is 5.54 Å². The highest BCUT2D eigenvalue weighted by Crippen LogP contribution is 2.23. The molecule has 0 aliphatic heterocycles. The quantitative estimate of drug-likeness (QED) is 0.523. The first-order chi connectivity index (χ1) is 10.1. The van der Waals surface area contributed by atoms with Crippen LogP contribution in [0.15, 0.2) is 0 Å². The molecule has 0 heterocycles. The van der Waals surface area contributed by atoms with E-state index in [1.807, 2.05) is 13.8 Å². The molecule has 1 fully saturated rings. The fraction of sp³-hybridized carbons (Fsp3) is 0.938. The number of carbonyl (C=O) groups is 1. The molecule has 0 amide bonds. The number of carbonyl (C=O) groups excluding carboxylic acids is 1. The second-order valence-electron chi connectivity index (χ2n) is 5.97. The standard InChI is InChI=1S/C16H31NO4/c1-5-17-16(2,15(18)20-4)10-7-11-21-14-9-6-8-13(12-14)19-3/h13-14,17H,5-12H2,1-4H3. The van der Waals surface area contributed by atoms with Gasteiger partial charge in [-0.1, -0.05) is 6.92 Å². The van der Waals surface area contributed by atoms with E-state index in [1.54, 1.807) is 7.11 Å². The number of nitrogens with one attached hydrogen (secondary N) is 1. The molecule has 0 bridgehead atoms. The minimum Gasteiger partial charge on any atom is -0.468 e. The lowest BCUT2D eigenvalue weighted by Gasteiger charge is -2.30. The highest BCUT2D eigenvalue weighted by atomic mass is 16.5. The second kappa shape index (κ2) is 9.38. The molecule has 0 radical (unpaired) electrons. The summed E-state index contributed by atoms with van der Waals surface area (Å²) in [7, 11) is 3.20. The zero-order valence-electron chi connectivity index (χ0n) is 13.9. The predicted octanol–water partition coefficient (Wildman–Crippen LogP) is 2.28. The molecule has 1 saturated carbocycles. The highest BCUT2D eigenvalue weighted by molar-refractivity contribution is 5.80. The number of esters is 1. The average molecular weight is 301 g/mol. The largest absolute Gasteiger partial charge is 0.468 e. The van der Waals surface area contributed by atoms with Gasteiger partial charge in [-0.25, -0.2) is 0 Å². The summed E-state index contributed by atoms with van der Waals surface area (Å²) in [6.07, 6.45) is 6.59. The number of ether oxygens (including phenoxy) is 3. The van der Waals surface area contributed by atoms with Gasteiger partial charge in [0.1, 0.15) is 5.54 Å². The fourth-order valence-electron chi connectivity index (χ4n) is 3.02. The molecule has 124 valence electrons. The zero-order valence-corrected chi connectivity index (χ0v) is 13.9. The molecule has 3 unspecified atom stereocenters. The normalized spacial score (nSPS) is 25.3. The molecule has 5 heteroatoms. The third-order valence-electron chi connectivity index (χ3n) is 4.29. The summed E-state index contributed by atoms with van der Waals surface area (Å²) in [5, 5.41) is 3.21. The van der Waals surface area contributed by atoms with Crippen LogP contribution in [0, 0.1) is 0 Å². The SMILES string of the molecule is CCNC(C)(CCCOC1CCCC(OC)C1)C(=O)OC. The van der Waals surface area contributed by atoms with Gasteiger partial charge in [-0.15, -0.1) is 0 Å². The van der Waals surface area contributed by atoms with Gasteiger partial charge in [0.15, 0.2) is 0 Å². The smallest absolute Gasteiger partial charge is 0.325 e. The summed E-state index contributed by atoms with van der Waals surface area (Å²) >= 11 is 0. The second-order valence-corrected chi connectivity index (χ2v) is 5.97. The molecule has 1 aliphatic rings. The predicted molar refractivity (Wildman–Crippen MR) is 82.3 cm³/mol. The first-order valence-electron chi connectivity index (χ1n) is 8.03. The van der Waals surface area contributed by atoms with Crippen molar-refractivity contribution in [2.24, 2.45) is 0 Å². The summed E-state index contributed by atoms with van der Waals surface area (Å²) in [6, 6.07) is 0. The van der Waals surface area contributed by atoms with Crippen LogP contribution < -0.4 is 5.32 Å². The Morgan fingerprint density at radius 3 is 2.62 bits per heavy atom. The summed E-state index contributed by atoms with van der Waals surface area (Å²) in [5.41, 5.74) is -0.617. The van der Waals surface area contributed by atoms with Gasteiger partial charge in [0, 0.05) is 13.7 Å². The van der Waals surface area contributed by atoms with Crippen LogP contribution >= 0.6 is 0 Å². The van der Waals surface area contributed by atoms with Gasteiger partial charge in [0.25, 0.3) is 0 Å². The Labute approximate surface area is 128 Å². The lowest BCUT2D eigenvalue weighted by molar-refractivity contribution is -0.148. The summed E-state index contributed by atoms with van der Waals surface area (Å²) in [6.45, 7) is 5.30. The van der Waals surface area contributed by atoms with Gasteiger partial charge in [-0.2, -0.15) is 0 Å². The van der Waals surface area contributed by atoms with Crippen LogP contribution in [0.3, 0.4) is 0 Å². The first kappa shape index (κ1) is 18.4. The minimum atomic E-state index is -0.617. The molecular formula is C16H31NO4. The van der Waals surface area contributed by atoms with Crippen molar-refractivity contribution in [2.45, 2.75) is 70.1 Å². The van der Waals surface area contributed by atoms with Crippen molar-refractivity contribution in [3.63, 3.8) is 0 Å². The number of rotatable bonds is 9. The lowest BCUT2D eigenvalue weighted by Crippen LogP contribution is -2.50. The monoisotopic (exact) mass is 301 g/mol. The number of hydrogen-bond donors (Lipinski definition) is 1. The van der Waals surface area contributed by atoms with Crippen molar-refractivity contribution in [3.05, 3.63) is 0 Å². The highest BCUT2D eigenvalue weighted by Gasteiger charge is 2.32. The van der Waals surface area contributed by atoms with E-state index in [-0.39, 0.29) is 5.97 Å². The van der Waals surface area contributed by atoms with Gasteiger partial charge in [-0.05, 0) is 52.0 Å². The van der Waals surface area contributed by atoms with E-state index in [9.17, 15) is 4.79 Å². The molecule has 0 aromatic carbocycles. The molecule has 0 aromatic rings. The molecule has 1 rings (SSSR count). The maximum absolute atomic E-state index is 11.9. The van der Waals surface area contributed by atoms with Crippen molar-refractivity contribution < 1.29 is 19.0 Å². The van der Waals surface area contributed by atoms with Crippen LogP contribution in [0.4, 0.5) is 0 Å². The Hall–Kier alpha value is -0.650. The fourth-order valence-corrected chi connectivity index (χ4v) is 3.02. The van der Waals surface area contributed by atoms with E-state index in [2.05, 4.69) is 5.32 Å². The van der Waals surface area contributed by atoms with Crippen LogP contribution in [0.5, 0.6) is 0 Å². The van der Waals surface area contributed by atoms with Gasteiger partial charge < -0.3 is 19.5 Å². The summed E-state index contributed by atoms with van der Waals surface area (Å²) in [5.74, 6) is -0.207. The van der Waals surface area contributed by atoms with Crippen molar-refractivity contribution in [2.75, 3.05) is 27.4 Å². The molecule has 3 atom stereocenters. The Balaban J connectivity index is 2.29. The molecule has 0 aromatic heterocycles. The Bertz CT molecular complexity index is 311. The van der Waals surface area contributed by atoms with Crippen LogP contribution in [0.1, 0.15) is 52.4 Å². The molecular weight excluding hydrogens is 270 g/mol. The van der Waals surface area contributed by atoms with Gasteiger partial charge in [0.2, 0.25) is 0 Å². The van der Waals surface area contributed by atoms with E-state index in [0.29, 0.717) is 25.2 Å². The zero-order chi connectivity index (χ0) is 15.7. The first-order valence-corrected chi connectivity index (χ1v) is 8.03. The van der Waals surface area contributed by atoms with Gasteiger partial charge in [-0.3, -0.25) is 4.79 Å². The van der Waals surface area contributed by atoms with E-state index >= 15 is 0 Å². The van der Waals surface area contributed by atoms with Gasteiger partial charge >= 0.3 is 5.97 Å². The molecule has 5 nitrogen and oxygen atoms in total. The summed E-state index contributed by atoms with van der Waals surface area (Å²) in [4.78, 5) is 11.9. The van der Waals surface area contributed by atoms with Crippen LogP contribution in [0.25, 0.3) is 0 Å². The van der Waals surface area contributed by atoms with E-state index in [1.165, 1.54) is 13.5 Å². The Kier molecular flexibility index (Phi) is 8.22. The minimum absolute atomic E-state index is 0.207. The topological polar surface area (TPSA) is 56.8 Å². The van der Waals surface area contributed by atoms with Crippen LogP contribution in [-0.2, 0) is 19.0 Å². The van der Waals surface area contributed by atoms with Crippen LogP contribution in [0.2, 0.25) is 0 Å². The molecule has 21 heavy (non-hydrogen) atoms. The molecule has 0 saturated heterocycles. The maximum Gasteiger partial charge on any atom is 0.325 e. The van der Waals surface area contributed by atoms with Crippen molar-refractivity contribution >= 4 is 5.97 Å². The number of methoxy groups -OCH3 is 2. The lowest BCUT2D eigenvalue weighted by atomic mass is 9.94. The van der Waals surface area contributed by atoms with Crippen LogP contribution in [-0.4, -0.2) is 51.1 Å². The van der Waals surface area contributed by atoms with Crippen molar-refractivity contribution in [1.29, 1.82) is 0 Å². The van der Waals surface area contributed by atoms with Gasteiger partial charge in [0.05, 0.1) is 19.3 Å². The van der Waals surface area contributed by atoms with Crippen molar-refractivity contribution in [3.8, 4) is 0 Å². The van der Waals surface area contributed by atoms with E-state index in [4.69, 9.17) is 14.2 Å². The molecule has 1 N–H and O–H groups in total. The Morgan fingerprint density at radius 2 is 2.00 bits per heavy atom. The number of hydrogen-bond acceptors (Lipinski definition) is 5. The Morgan fingerprint density at radius 1 is 1.29 bits per heavy atom. The average Bonchev–Trinajstić information content (AvgIpc) is 2.51. The maximum atomic E-state index is 11.9. The van der Waals surface area contributed by atoms with E-state index in [0.717, 1.165) is 32.2 Å². The number of likely N-dealkylation sites (N-methyl/N-ethyl adjacent to an activating group) is 1. The van der Waals surface area contributed by atoms with Crippen molar-refractivity contribution in [1.82, 2.24) is 5.32 Å². The third kappa shape index (κ3) is 5.93.